The largest absolute Gasteiger partial charge is 0.484 e. The van der Waals surface area contributed by atoms with Gasteiger partial charge < -0.3 is 19.4 Å². The minimum absolute atomic E-state index is 0.0327. The molecule has 0 bridgehead atoms. The Hall–Kier alpha value is -3.50. The Bertz CT molecular complexity index is 1100. The number of aromatic nitrogens is 2. The maximum atomic E-state index is 12.2. The number of hydrogen-bond acceptors (Lipinski definition) is 7. The summed E-state index contributed by atoms with van der Waals surface area (Å²) in [6.45, 7) is 3.94. The van der Waals surface area contributed by atoms with E-state index < -0.39 is 4.92 Å². The maximum Gasteiger partial charge on any atom is 0.269 e. The van der Waals surface area contributed by atoms with E-state index >= 15 is 0 Å². The zero-order valence-corrected chi connectivity index (χ0v) is 17.1. The van der Waals surface area contributed by atoms with E-state index in [-0.39, 0.29) is 18.2 Å². The van der Waals surface area contributed by atoms with E-state index in [9.17, 15) is 14.9 Å². The minimum atomic E-state index is -0.489. The van der Waals surface area contributed by atoms with Crippen molar-refractivity contribution < 1.29 is 19.2 Å². The number of methoxy groups -OCH3 is 1. The van der Waals surface area contributed by atoms with Gasteiger partial charge in [0.05, 0.1) is 29.1 Å². The van der Waals surface area contributed by atoms with Gasteiger partial charge in [0.25, 0.3) is 11.6 Å². The van der Waals surface area contributed by atoms with Gasteiger partial charge in [-0.1, -0.05) is 0 Å². The summed E-state index contributed by atoms with van der Waals surface area (Å²) in [7, 11) is 1.70. The average molecular weight is 425 g/mol. The number of fused-ring (bicyclic) bond motifs is 3. The highest BCUT2D eigenvalue weighted by Crippen LogP contribution is 2.24. The van der Waals surface area contributed by atoms with Gasteiger partial charge in [-0.2, -0.15) is 0 Å². The fourth-order valence-corrected chi connectivity index (χ4v) is 3.57. The highest BCUT2D eigenvalue weighted by molar-refractivity contribution is 5.94. The van der Waals surface area contributed by atoms with Crippen LogP contribution in [0.5, 0.6) is 5.75 Å². The van der Waals surface area contributed by atoms with Crippen LogP contribution in [0, 0.1) is 10.1 Å². The standard InChI is InChI=1S/C21H23N5O5/c1-30-11-10-24-8-9-25-19-7-2-15(12-18(19)23-20(25)13-24)22-21(27)14-31-17-5-3-16(4-6-17)26(28)29/h2-7,12H,8-11,13-14H2,1H3,(H,22,27). The first-order chi connectivity index (χ1) is 15.0. The highest BCUT2D eigenvalue weighted by atomic mass is 16.6. The van der Waals surface area contributed by atoms with Crippen molar-refractivity contribution in [2.24, 2.45) is 0 Å². The van der Waals surface area contributed by atoms with E-state index in [2.05, 4.69) is 14.8 Å². The second-order valence-electron chi connectivity index (χ2n) is 7.24. The summed E-state index contributed by atoms with van der Waals surface area (Å²) in [6.07, 6.45) is 0. The molecule has 2 heterocycles. The Kier molecular flexibility index (Phi) is 6.10. The van der Waals surface area contributed by atoms with Gasteiger partial charge in [-0.3, -0.25) is 19.8 Å². The predicted molar refractivity (Wildman–Crippen MR) is 114 cm³/mol. The first kappa shape index (κ1) is 20.8. The number of imidazole rings is 1. The number of hydrogen-bond donors (Lipinski definition) is 1. The van der Waals surface area contributed by atoms with Crippen molar-refractivity contribution in [2.45, 2.75) is 13.1 Å². The van der Waals surface area contributed by atoms with Gasteiger partial charge >= 0.3 is 0 Å². The zero-order valence-electron chi connectivity index (χ0n) is 17.1. The lowest BCUT2D eigenvalue weighted by atomic mass is 10.2. The monoisotopic (exact) mass is 425 g/mol. The van der Waals surface area contributed by atoms with E-state index in [0.29, 0.717) is 18.0 Å². The van der Waals surface area contributed by atoms with Crippen molar-refractivity contribution in [3.8, 4) is 5.75 Å². The molecule has 2 aromatic carbocycles. The summed E-state index contributed by atoms with van der Waals surface area (Å²) in [4.78, 5) is 29.5. The number of nitro benzene ring substituents is 1. The number of nitrogens with zero attached hydrogens (tertiary/aromatic N) is 4. The maximum absolute atomic E-state index is 12.2. The molecule has 1 aliphatic heterocycles. The van der Waals surface area contributed by atoms with Gasteiger partial charge in [0.1, 0.15) is 11.6 Å². The minimum Gasteiger partial charge on any atom is -0.484 e. The van der Waals surface area contributed by atoms with Crippen molar-refractivity contribution in [2.75, 3.05) is 38.7 Å². The molecule has 162 valence electrons. The molecule has 0 aliphatic carbocycles. The molecule has 0 atom stereocenters. The highest BCUT2D eigenvalue weighted by Gasteiger charge is 2.20. The molecular weight excluding hydrogens is 402 g/mol. The fourth-order valence-electron chi connectivity index (χ4n) is 3.57. The summed E-state index contributed by atoms with van der Waals surface area (Å²) in [5.74, 6) is 1.06. The van der Waals surface area contributed by atoms with Gasteiger partial charge in [-0.15, -0.1) is 0 Å². The van der Waals surface area contributed by atoms with E-state index in [1.807, 2.05) is 18.2 Å². The summed E-state index contributed by atoms with van der Waals surface area (Å²) in [5, 5.41) is 13.5. The number of ether oxygens (including phenoxy) is 2. The number of nitrogens with one attached hydrogen (secondary N) is 1. The van der Waals surface area contributed by atoms with Crippen LogP contribution in [0.1, 0.15) is 5.82 Å². The van der Waals surface area contributed by atoms with E-state index in [1.165, 1.54) is 24.3 Å². The van der Waals surface area contributed by atoms with Crippen LogP contribution in [0.2, 0.25) is 0 Å². The quantitative estimate of drug-likeness (QED) is 0.436. The second kappa shape index (κ2) is 9.11. The van der Waals surface area contributed by atoms with Crippen LogP contribution in [-0.4, -0.2) is 58.7 Å². The van der Waals surface area contributed by atoms with Crippen molar-refractivity contribution in [1.82, 2.24) is 14.5 Å². The SMILES string of the molecule is COCCN1CCn2c(nc3cc(NC(=O)COc4ccc([N+](=O)[O-])cc4)ccc32)C1. The first-order valence-electron chi connectivity index (χ1n) is 9.91. The number of anilines is 1. The first-order valence-corrected chi connectivity index (χ1v) is 9.91. The molecule has 10 nitrogen and oxygen atoms in total. The molecule has 0 saturated carbocycles. The third-order valence-corrected chi connectivity index (χ3v) is 5.15. The lowest BCUT2D eigenvalue weighted by Gasteiger charge is -2.27. The van der Waals surface area contributed by atoms with Crippen LogP contribution in [0.3, 0.4) is 0 Å². The number of benzene rings is 2. The Morgan fingerprint density at radius 3 is 2.77 bits per heavy atom. The van der Waals surface area contributed by atoms with Crippen molar-refractivity contribution in [3.63, 3.8) is 0 Å². The Morgan fingerprint density at radius 2 is 2.03 bits per heavy atom. The molecule has 4 rings (SSSR count). The van der Waals surface area contributed by atoms with Crippen LogP contribution >= 0.6 is 0 Å². The second-order valence-corrected chi connectivity index (χ2v) is 7.24. The summed E-state index contributed by atoms with van der Waals surface area (Å²) < 4.78 is 12.8. The van der Waals surface area contributed by atoms with Gasteiger partial charge in [0.15, 0.2) is 6.61 Å². The van der Waals surface area contributed by atoms with E-state index in [0.717, 1.165) is 43.0 Å². The molecule has 1 N–H and O–H groups in total. The van der Waals surface area contributed by atoms with Gasteiger partial charge in [0, 0.05) is 44.6 Å². The molecule has 0 fully saturated rings. The van der Waals surface area contributed by atoms with Crippen LogP contribution in [0.25, 0.3) is 11.0 Å². The molecule has 31 heavy (non-hydrogen) atoms. The predicted octanol–water partition coefficient (Wildman–Crippen LogP) is 2.42. The van der Waals surface area contributed by atoms with Crippen LogP contribution < -0.4 is 10.1 Å². The molecule has 0 spiro atoms. The van der Waals surface area contributed by atoms with Crippen LogP contribution in [0.15, 0.2) is 42.5 Å². The lowest BCUT2D eigenvalue weighted by molar-refractivity contribution is -0.384. The summed E-state index contributed by atoms with van der Waals surface area (Å²) in [5.41, 5.74) is 2.48. The van der Waals surface area contributed by atoms with Crippen molar-refractivity contribution in [1.29, 1.82) is 0 Å². The van der Waals surface area contributed by atoms with Crippen LogP contribution in [0.4, 0.5) is 11.4 Å². The number of carbonyl (C=O) groups is 1. The topological polar surface area (TPSA) is 112 Å². The number of nitro groups is 1. The normalized spacial score (nSPS) is 13.7. The van der Waals surface area contributed by atoms with Crippen molar-refractivity contribution >= 4 is 28.3 Å². The molecule has 0 saturated heterocycles. The Labute approximate surface area is 178 Å². The van der Waals surface area contributed by atoms with Crippen molar-refractivity contribution in [3.05, 3.63) is 58.4 Å². The third kappa shape index (κ3) is 4.81. The molecule has 0 unspecified atom stereocenters. The molecule has 1 amide bonds. The van der Waals surface area contributed by atoms with Gasteiger partial charge in [0.2, 0.25) is 0 Å². The van der Waals surface area contributed by atoms with Gasteiger partial charge in [-0.05, 0) is 30.3 Å². The smallest absolute Gasteiger partial charge is 0.269 e. The summed E-state index contributed by atoms with van der Waals surface area (Å²) in [6, 6.07) is 11.2. The Balaban J connectivity index is 1.37. The number of rotatable bonds is 8. The molecule has 10 heteroatoms. The van der Waals surface area contributed by atoms with Crippen LogP contribution in [-0.2, 0) is 22.6 Å². The number of amides is 1. The molecule has 3 aromatic rings. The zero-order chi connectivity index (χ0) is 21.8. The fraction of sp³-hybridized carbons (Fsp3) is 0.333. The molecular formula is C21H23N5O5. The lowest BCUT2D eigenvalue weighted by Crippen LogP contribution is -2.35. The Morgan fingerprint density at radius 1 is 1.23 bits per heavy atom. The average Bonchev–Trinajstić information content (AvgIpc) is 3.13. The van der Waals surface area contributed by atoms with E-state index in [1.54, 1.807) is 7.11 Å². The number of carbonyl (C=O) groups excluding carboxylic acids is 1. The van der Waals surface area contributed by atoms with Gasteiger partial charge in [-0.25, -0.2) is 4.98 Å². The third-order valence-electron chi connectivity index (χ3n) is 5.15. The van der Waals surface area contributed by atoms with E-state index in [4.69, 9.17) is 14.5 Å². The molecule has 0 radical (unpaired) electrons. The molecule has 1 aliphatic rings. The molecule has 1 aromatic heterocycles. The summed E-state index contributed by atoms with van der Waals surface area (Å²) >= 11 is 0. The number of non-ortho nitro benzene ring substituents is 1.